The molecule has 0 fully saturated rings. The van der Waals surface area contributed by atoms with Crippen molar-refractivity contribution < 1.29 is 121 Å². The smallest absolute Gasteiger partial charge is 0.354 e. The molecule has 13 aromatic rings. The van der Waals surface area contributed by atoms with Crippen molar-refractivity contribution in [3.8, 4) is 45.0 Å². The largest absolute Gasteiger partial charge is 0.513 e. The molecule has 0 amide bonds. The number of hydrogen-bond donors (Lipinski definition) is 7. The number of allylic oxidation sites excluding steroid dienone is 3. The molecule has 0 saturated carbocycles. The summed E-state index contributed by atoms with van der Waals surface area (Å²) in [4.78, 5) is 33.1. The van der Waals surface area contributed by atoms with Gasteiger partial charge in [0.2, 0.25) is 0 Å². The van der Waals surface area contributed by atoms with Crippen LogP contribution in [-0.2, 0) is 106 Å². The van der Waals surface area contributed by atoms with Crippen LogP contribution >= 0.6 is 0 Å². The van der Waals surface area contributed by atoms with Crippen molar-refractivity contribution in [1.29, 1.82) is 0 Å². The van der Waals surface area contributed by atoms with Gasteiger partial charge in [-0.1, -0.05) is 269 Å². The van der Waals surface area contributed by atoms with E-state index in [1.807, 2.05) is 65.8 Å². The topological polar surface area (TPSA) is 223 Å². The molecule has 0 spiro atoms. The van der Waals surface area contributed by atoms with Gasteiger partial charge >= 0.3 is 5.97 Å². The first-order valence-electron chi connectivity index (χ1n) is 45.3. The molecule has 0 aliphatic heterocycles. The van der Waals surface area contributed by atoms with Gasteiger partial charge in [0.25, 0.3) is 0 Å². The third-order valence-corrected chi connectivity index (χ3v) is 21.3. The quantitative estimate of drug-likeness (QED) is 0.0248. The van der Waals surface area contributed by atoms with Crippen molar-refractivity contribution in [3.63, 3.8) is 0 Å². The van der Waals surface area contributed by atoms with Gasteiger partial charge < -0.3 is 35.7 Å². The Morgan fingerprint density at radius 2 is 0.659 bits per heavy atom. The summed E-state index contributed by atoms with van der Waals surface area (Å²) in [5, 5.41) is 67.7. The van der Waals surface area contributed by atoms with Gasteiger partial charge in [0.15, 0.2) is 0 Å². The molecule has 8 aromatic carbocycles. The number of carboxylic acid groups (broad SMARTS) is 1. The molecule has 13 rings (SSSR count). The molecule has 5 heterocycles. The first kappa shape index (κ1) is 119. The SMILES string of the molecule is CC(C)C(O)=CC(O)C(C)C.CC(C)CC(O)=CC(O)CC(C)C.CC(O)=CC(C)O.Cc1c[c-]c(-c2ccc3c(CC(C)C)cccc3n2)cc1C.Cc1c[c-]c(-c2ccc3c(CC(C)C)cccc3n2)cc1C.Cc1c[c-]c(-c2ccc3c(CC(C)C)cccc3n2)cc1C.Cc1c[c-]c(-c2ccc3c(CC(C)C)cccc3n2)cc1C.O=C(O)c1ccccn1.[Ir].[Ir].[Ir].[Ir]. The van der Waals surface area contributed by atoms with Crippen LogP contribution in [0.4, 0.5) is 0 Å². The molecule has 0 aliphatic carbocycles. The standard InChI is InChI=1S/4C21H22N.C11H22O2.C9H18O2.C6H5NO2.C5H10O2.4Ir/c4*1-14(2)12-17-6-5-7-21-19(17)10-11-20(22-21)18-9-8-15(3)16(4)13-18;1-8(2)5-10(12)7-11(13)6-9(3)4;1-6(2)8(10)5-9(11)7(3)4;8-6(9)5-3-1-2-4-7-5;1-4(6)3-5(2)7;;;;/h4*5-8,10-11,13-14H,12H2,1-4H3;7-10,12-13H,5-6H2,1-4H3;5-8,10-11H,1-4H3;1-4H,(H,8,9);3-4,6-7H,1-2H3;;;;/q4*-1;;;;;;;;. The average molecular weight is 2490 g/mol. The van der Waals surface area contributed by atoms with Crippen LogP contribution in [0.15, 0.2) is 230 Å². The molecule has 3 unspecified atom stereocenters. The van der Waals surface area contributed by atoms with Crippen LogP contribution < -0.4 is 0 Å². The first-order valence-corrected chi connectivity index (χ1v) is 45.3. The predicted octanol–water partition coefficient (Wildman–Crippen LogP) is 28.7. The molecule has 4 radical (unpaired) electrons. The molecule has 0 aliphatic rings. The number of pyridine rings is 5. The number of benzene rings is 8. The summed E-state index contributed by atoms with van der Waals surface area (Å²) in [5.74, 6) is 3.51. The van der Waals surface area contributed by atoms with E-state index < -0.39 is 24.3 Å². The normalized spacial score (nSPS) is 11.9. The second kappa shape index (κ2) is 59.8. The number of rotatable bonds is 22. The number of carbonyl (C=O) groups is 1. The van der Waals surface area contributed by atoms with E-state index in [2.05, 4.69) is 299 Å². The van der Waals surface area contributed by atoms with E-state index in [0.29, 0.717) is 54.1 Å². The second-order valence-corrected chi connectivity index (χ2v) is 37.0. The number of aliphatic hydroxyl groups is 6. The molecule has 5 aromatic heterocycles. The van der Waals surface area contributed by atoms with E-state index in [1.54, 1.807) is 25.1 Å². The van der Waals surface area contributed by atoms with E-state index in [1.165, 1.54) is 120 Å². The van der Waals surface area contributed by atoms with Gasteiger partial charge in [-0.25, -0.2) is 9.78 Å². The van der Waals surface area contributed by atoms with Crippen molar-refractivity contribution in [2.75, 3.05) is 0 Å². The summed E-state index contributed by atoms with van der Waals surface area (Å²) in [5.41, 5.74) is 28.4. The number of nitrogens with zero attached hydrogens (tertiary/aromatic N) is 5. The Labute approximate surface area is 844 Å². The van der Waals surface area contributed by atoms with Crippen molar-refractivity contribution in [2.45, 2.75) is 237 Å². The number of aliphatic hydroxyl groups excluding tert-OH is 6. The van der Waals surface area contributed by atoms with E-state index >= 15 is 0 Å². The predicted molar refractivity (Wildman–Crippen MR) is 537 cm³/mol. The summed E-state index contributed by atoms with van der Waals surface area (Å²) >= 11 is 0. The number of fused-ring (bicyclic) bond motifs is 4. The van der Waals surface area contributed by atoms with Gasteiger partial charge in [-0.05, 0) is 187 Å². The summed E-state index contributed by atoms with van der Waals surface area (Å²) < 4.78 is 0. The number of aromatic nitrogens is 5. The first-order chi connectivity index (χ1) is 60.5. The Hall–Kier alpha value is -8.88. The zero-order chi connectivity index (χ0) is 94.8. The van der Waals surface area contributed by atoms with Gasteiger partial charge in [0.1, 0.15) is 5.69 Å². The monoisotopic (exact) mass is 2490 g/mol. The second-order valence-electron chi connectivity index (χ2n) is 37.0. The molecule has 7 N–H and O–H groups in total. The van der Waals surface area contributed by atoms with Gasteiger partial charge in [-0.15, -0.1) is 140 Å². The van der Waals surface area contributed by atoms with Crippen LogP contribution in [0.25, 0.3) is 88.6 Å². The van der Waals surface area contributed by atoms with Crippen LogP contribution in [0.1, 0.15) is 215 Å². The van der Waals surface area contributed by atoms with E-state index in [-0.39, 0.29) is 109 Å². The number of hydrogen-bond acceptors (Lipinski definition) is 12. The molecule has 3 atom stereocenters. The minimum atomic E-state index is -0.990. The summed E-state index contributed by atoms with van der Waals surface area (Å²) in [6, 6.07) is 78.0. The summed E-state index contributed by atoms with van der Waals surface area (Å²) in [7, 11) is 0. The number of aromatic carboxylic acids is 1. The Morgan fingerprint density at radius 3 is 0.864 bits per heavy atom. The van der Waals surface area contributed by atoms with Crippen molar-refractivity contribution in [3.05, 3.63) is 326 Å². The van der Waals surface area contributed by atoms with Crippen LogP contribution in [-0.4, -0.2) is 84.9 Å². The molecule has 17 heteroatoms. The third-order valence-electron chi connectivity index (χ3n) is 21.3. The van der Waals surface area contributed by atoms with E-state index in [9.17, 15) is 25.2 Å². The molecule has 0 saturated heterocycles. The van der Waals surface area contributed by atoms with Crippen LogP contribution in [0.3, 0.4) is 0 Å². The molecular formula is C115H143Ir4N5O8-4. The maximum absolute atomic E-state index is 10.1. The molecule has 13 nitrogen and oxygen atoms in total. The van der Waals surface area contributed by atoms with E-state index in [0.717, 1.165) is 92.8 Å². The van der Waals surface area contributed by atoms with Crippen LogP contribution in [0, 0.1) is 127 Å². The summed E-state index contributed by atoms with van der Waals surface area (Å²) in [6.45, 7) is 53.9. The molecule has 716 valence electrons. The number of carboxylic acids is 1. The average Bonchev–Trinajstić information content (AvgIpc) is 0.811. The van der Waals surface area contributed by atoms with Crippen molar-refractivity contribution >= 4 is 49.6 Å². The Kier molecular flexibility index (Phi) is 54.0. The van der Waals surface area contributed by atoms with Gasteiger partial charge in [0.05, 0.1) is 57.7 Å². The Morgan fingerprint density at radius 1 is 0.356 bits per heavy atom. The zero-order valence-electron chi connectivity index (χ0n) is 82.4. The van der Waals surface area contributed by atoms with Crippen LogP contribution in [0.2, 0.25) is 0 Å². The van der Waals surface area contributed by atoms with Crippen LogP contribution in [0.5, 0.6) is 0 Å². The van der Waals surface area contributed by atoms with Gasteiger partial charge in [-0.2, -0.15) is 0 Å². The minimum absolute atomic E-state index is 0. The third kappa shape index (κ3) is 40.7. The maximum atomic E-state index is 10.1. The molecular weight excluding hydrogens is 2350 g/mol. The fraction of sp³-hybridized carbons (Fsp3) is 0.374. The van der Waals surface area contributed by atoms with Gasteiger partial charge in [-0.3, -0.25) is 19.9 Å². The van der Waals surface area contributed by atoms with Gasteiger partial charge in [0, 0.05) is 121 Å². The maximum Gasteiger partial charge on any atom is 0.354 e. The number of aryl methyl sites for hydroxylation is 8. The minimum Gasteiger partial charge on any atom is -0.513 e. The zero-order valence-corrected chi connectivity index (χ0v) is 92.0. The molecule has 132 heavy (non-hydrogen) atoms. The Bertz CT molecular complexity index is 5230. The summed E-state index contributed by atoms with van der Waals surface area (Å²) in [6.07, 6.45) is 10.0. The fourth-order valence-corrected chi connectivity index (χ4v) is 13.9. The van der Waals surface area contributed by atoms with E-state index in [4.69, 9.17) is 35.3 Å². The van der Waals surface area contributed by atoms with Crippen molar-refractivity contribution in [1.82, 2.24) is 24.9 Å². The fourth-order valence-electron chi connectivity index (χ4n) is 13.9. The Balaban J connectivity index is 0.000000522. The van der Waals surface area contributed by atoms with Crippen molar-refractivity contribution in [2.24, 2.45) is 47.3 Å². The molecule has 0 bridgehead atoms.